The lowest BCUT2D eigenvalue weighted by molar-refractivity contribution is 0.256. The molecule has 1 aromatic heterocycles. The summed E-state index contributed by atoms with van der Waals surface area (Å²) in [5.74, 6) is -0.000295. The van der Waals surface area contributed by atoms with Crippen molar-refractivity contribution in [3.8, 4) is 5.69 Å². The van der Waals surface area contributed by atoms with E-state index in [4.69, 9.17) is 10.8 Å². The van der Waals surface area contributed by atoms with E-state index in [1.807, 2.05) is 75.4 Å². The summed E-state index contributed by atoms with van der Waals surface area (Å²) in [4.78, 5) is 14.4. The van der Waals surface area contributed by atoms with Crippen molar-refractivity contribution >= 4 is 38.3 Å². The first-order chi connectivity index (χ1) is 17.9. The van der Waals surface area contributed by atoms with Crippen molar-refractivity contribution in [1.29, 1.82) is 0 Å². The van der Waals surface area contributed by atoms with E-state index in [0.717, 1.165) is 26.3 Å². The molecule has 4 N–H and O–H groups in total. The van der Waals surface area contributed by atoms with Crippen LogP contribution in [0.15, 0.2) is 84.1 Å². The number of urea groups is 1. The number of nitrogens with zero attached hydrogens (tertiary/aromatic N) is 4. The maximum absolute atomic E-state index is 13.0. The van der Waals surface area contributed by atoms with Gasteiger partial charge < -0.3 is 10.8 Å². The van der Waals surface area contributed by atoms with Gasteiger partial charge in [0, 0.05) is 16.9 Å². The zero-order valence-corrected chi connectivity index (χ0v) is 22.0. The number of nitrogens with one attached hydrogen (secondary N) is 1. The van der Waals surface area contributed by atoms with E-state index in [9.17, 15) is 18.3 Å². The van der Waals surface area contributed by atoms with Crippen molar-refractivity contribution in [2.75, 3.05) is 4.90 Å². The molecule has 4 aromatic rings. The Kier molecular flexibility index (Phi) is 6.12. The highest BCUT2D eigenvalue weighted by molar-refractivity contribution is 7.92. The van der Waals surface area contributed by atoms with Crippen LogP contribution in [0.1, 0.15) is 32.0 Å². The molecule has 0 unspecified atom stereocenters. The molecule has 0 fully saturated rings. The van der Waals surface area contributed by atoms with Crippen LogP contribution < -0.4 is 16.1 Å². The molecule has 0 saturated heterocycles. The van der Waals surface area contributed by atoms with Crippen LogP contribution >= 0.6 is 0 Å². The van der Waals surface area contributed by atoms with Crippen LogP contribution in [0, 0.1) is 0 Å². The van der Waals surface area contributed by atoms with Gasteiger partial charge in [0.25, 0.3) is 10.0 Å². The number of aliphatic hydroxyl groups is 1. The monoisotopic (exact) mass is 532 g/mol. The van der Waals surface area contributed by atoms with Crippen LogP contribution in [0.4, 0.5) is 16.3 Å². The number of carbonyl (C=O) groups excluding carboxylic acids is 1. The minimum atomic E-state index is -3.80. The van der Waals surface area contributed by atoms with Gasteiger partial charge in [0.15, 0.2) is 0 Å². The molecule has 11 heteroatoms. The van der Waals surface area contributed by atoms with Crippen molar-refractivity contribution in [1.82, 2.24) is 19.6 Å². The second-order valence-corrected chi connectivity index (χ2v) is 11.8. The second-order valence-electron chi connectivity index (χ2n) is 10.1. The third kappa shape index (κ3) is 4.69. The van der Waals surface area contributed by atoms with Gasteiger partial charge >= 0.3 is 6.03 Å². The third-order valence-corrected chi connectivity index (χ3v) is 7.56. The quantitative estimate of drug-likeness (QED) is 0.345. The maximum atomic E-state index is 13.0. The van der Waals surface area contributed by atoms with Crippen molar-refractivity contribution in [2.24, 2.45) is 5.73 Å². The Bertz CT molecular complexity index is 1680. The first kappa shape index (κ1) is 25.3. The van der Waals surface area contributed by atoms with Crippen molar-refractivity contribution in [2.45, 2.75) is 32.7 Å². The summed E-state index contributed by atoms with van der Waals surface area (Å²) >= 11 is 0. The van der Waals surface area contributed by atoms with E-state index in [1.165, 1.54) is 4.90 Å². The predicted octanol–water partition coefficient (Wildman–Crippen LogP) is 4.55. The van der Waals surface area contributed by atoms with Crippen LogP contribution in [-0.4, -0.2) is 33.8 Å². The summed E-state index contributed by atoms with van der Waals surface area (Å²) in [5.41, 5.74) is 10.7. The SMILES string of the molecule is CC(C)(C)c1cc(N(C(N)=O)c2cccc3ccccc23)n(-c2cccc(CN3NC(O)=CS3(=O)=O)c2)n1. The summed E-state index contributed by atoms with van der Waals surface area (Å²) in [7, 11) is -3.80. The second kappa shape index (κ2) is 9.19. The van der Waals surface area contributed by atoms with E-state index < -0.39 is 21.9 Å². The molecular weight excluding hydrogens is 504 g/mol. The number of benzene rings is 3. The number of nitrogens with two attached hydrogens (primary N) is 1. The normalized spacial score (nSPS) is 15.3. The lowest BCUT2D eigenvalue weighted by Crippen LogP contribution is -2.35. The fourth-order valence-electron chi connectivity index (χ4n) is 4.35. The van der Waals surface area contributed by atoms with Crippen LogP contribution in [-0.2, 0) is 22.0 Å². The Morgan fingerprint density at radius 2 is 1.76 bits per heavy atom. The van der Waals surface area contributed by atoms with Gasteiger partial charge in [-0.2, -0.15) is 5.10 Å². The number of aromatic nitrogens is 2. The molecule has 0 aliphatic carbocycles. The molecule has 0 spiro atoms. The van der Waals surface area contributed by atoms with E-state index in [0.29, 0.717) is 22.8 Å². The number of aliphatic hydroxyl groups excluding tert-OH is 1. The smallest absolute Gasteiger partial charge is 0.325 e. The Morgan fingerprint density at radius 3 is 2.45 bits per heavy atom. The lowest BCUT2D eigenvalue weighted by Gasteiger charge is -2.23. The van der Waals surface area contributed by atoms with Crippen LogP contribution in [0.5, 0.6) is 0 Å². The van der Waals surface area contributed by atoms with Crippen molar-refractivity contribution in [3.05, 3.63) is 95.3 Å². The largest absolute Gasteiger partial charge is 0.493 e. The van der Waals surface area contributed by atoms with Crippen LogP contribution in [0.2, 0.25) is 0 Å². The molecule has 5 rings (SSSR count). The lowest BCUT2D eigenvalue weighted by atomic mass is 9.92. The van der Waals surface area contributed by atoms with E-state index in [2.05, 4.69) is 5.43 Å². The zero-order valence-electron chi connectivity index (χ0n) is 21.2. The van der Waals surface area contributed by atoms with Crippen LogP contribution in [0.3, 0.4) is 0 Å². The fraction of sp³-hybridized carbons (Fsp3) is 0.185. The average molecular weight is 533 g/mol. The van der Waals surface area contributed by atoms with Gasteiger partial charge in [0.2, 0.25) is 5.88 Å². The van der Waals surface area contributed by atoms with Gasteiger partial charge in [-0.1, -0.05) is 69.3 Å². The molecule has 1 aliphatic heterocycles. The van der Waals surface area contributed by atoms with Gasteiger partial charge in [-0.05, 0) is 29.1 Å². The number of sulfonamides is 1. The molecule has 2 heterocycles. The van der Waals surface area contributed by atoms with Gasteiger partial charge in [-0.25, -0.2) is 22.8 Å². The number of hydrazine groups is 1. The Balaban J connectivity index is 1.64. The standard InChI is InChI=1S/C27H28N6O4S/c1-27(2,3)23-15-25(32(26(28)35)22-13-7-10-19-9-4-5-12-21(19)22)33(29-23)20-11-6-8-18(14-20)16-31-30-24(34)17-38(31,36)37/h4-15,17,30,34H,16H2,1-3H3,(H2,28,35). The van der Waals surface area contributed by atoms with Gasteiger partial charge in [-0.15, -0.1) is 4.41 Å². The Labute approximate surface area is 220 Å². The van der Waals surface area contributed by atoms with Crippen molar-refractivity contribution < 1.29 is 18.3 Å². The minimum absolute atomic E-state index is 0.0394. The highest BCUT2D eigenvalue weighted by Gasteiger charge is 2.30. The Hall–Kier alpha value is -4.35. The van der Waals surface area contributed by atoms with Crippen LogP contribution in [0.25, 0.3) is 16.5 Å². The number of fused-ring (bicyclic) bond motifs is 1. The summed E-state index contributed by atoms with van der Waals surface area (Å²) < 4.78 is 27.1. The van der Waals surface area contributed by atoms with Gasteiger partial charge in [-0.3, -0.25) is 5.43 Å². The van der Waals surface area contributed by atoms with Crippen molar-refractivity contribution in [3.63, 3.8) is 0 Å². The molecule has 3 aromatic carbocycles. The summed E-state index contributed by atoms with van der Waals surface area (Å²) in [5, 5.41) is 17.0. The molecule has 0 saturated carbocycles. The number of hydrogen-bond acceptors (Lipinski definition) is 6. The summed E-state index contributed by atoms with van der Waals surface area (Å²) in [6.45, 7) is 6.03. The fourth-order valence-corrected chi connectivity index (χ4v) is 5.36. The minimum Gasteiger partial charge on any atom is -0.493 e. The average Bonchev–Trinajstić information content (AvgIpc) is 3.39. The molecule has 196 valence electrons. The van der Waals surface area contributed by atoms with E-state index in [1.54, 1.807) is 22.9 Å². The third-order valence-electron chi connectivity index (χ3n) is 6.20. The number of primary amides is 1. The predicted molar refractivity (Wildman–Crippen MR) is 146 cm³/mol. The summed E-state index contributed by atoms with van der Waals surface area (Å²) in [6, 6.07) is 21.7. The molecule has 0 atom stereocenters. The molecule has 0 bridgehead atoms. The number of anilines is 2. The number of carbonyl (C=O) groups is 1. The highest BCUT2D eigenvalue weighted by Crippen LogP contribution is 2.36. The van der Waals surface area contributed by atoms with E-state index in [-0.39, 0.29) is 12.0 Å². The molecule has 0 radical (unpaired) electrons. The molecule has 2 amide bonds. The first-order valence-electron chi connectivity index (χ1n) is 11.9. The zero-order chi connectivity index (χ0) is 27.2. The molecular formula is C27H28N6O4S. The Morgan fingerprint density at radius 1 is 1.05 bits per heavy atom. The highest BCUT2D eigenvalue weighted by atomic mass is 32.2. The number of amides is 2. The maximum Gasteiger partial charge on any atom is 0.325 e. The summed E-state index contributed by atoms with van der Waals surface area (Å²) in [6.07, 6.45) is 0. The molecule has 1 aliphatic rings. The molecule has 10 nitrogen and oxygen atoms in total. The van der Waals surface area contributed by atoms with Gasteiger partial charge in [0.1, 0.15) is 11.2 Å². The first-order valence-corrected chi connectivity index (χ1v) is 13.4. The molecule has 38 heavy (non-hydrogen) atoms. The van der Waals surface area contributed by atoms with Gasteiger partial charge in [0.05, 0.1) is 23.6 Å². The van der Waals surface area contributed by atoms with E-state index >= 15 is 0 Å². The number of rotatable bonds is 5. The topological polar surface area (TPSA) is 134 Å². The number of hydrogen-bond donors (Lipinski definition) is 3.